The highest BCUT2D eigenvalue weighted by Gasteiger charge is 2.19. The molecule has 0 saturated carbocycles. The minimum atomic E-state index is 1.00. The molecule has 0 amide bonds. The molecule has 0 N–H and O–H groups in total. The number of thiazole rings is 2. The number of thiophene rings is 1. The highest BCUT2D eigenvalue weighted by atomic mass is 32.1. The summed E-state index contributed by atoms with van der Waals surface area (Å²) in [4.78, 5) is 18.9. The van der Waals surface area contributed by atoms with E-state index in [0.29, 0.717) is 0 Å². The smallest absolute Gasteiger partial charge is 0.124 e. The number of anilines is 6. The van der Waals surface area contributed by atoms with Gasteiger partial charge in [0.15, 0.2) is 0 Å². The van der Waals surface area contributed by atoms with Crippen LogP contribution in [0.3, 0.4) is 0 Å². The van der Waals surface area contributed by atoms with Crippen LogP contribution in [0.25, 0.3) is 72.5 Å². The van der Waals surface area contributed by atoms with Crippen LogP contribution in [0.4, 0.5) is 34.1 Å². The number of aromatic nitrogens is 3. The molecule has 288 valence electrons. The Balaban J connectivity index is 0.909. The maximum Gasteiger partial charge on any atom is 0.124 e. The van der Waals surface area contributed by atoms with E-state index in [-0.39, 0.29) is 0 Å². The summed E-state index contributed by atoms with van der Waals surface area (Å²) in [5.74, 6) is 0. The van der Waals surface area contributed by atoms with Gasteiger partial charge in [-0.3, -0.25) is 4.98 Å². The van der Waals surface area contributed by atoms with Crippen molar-refractivity contribution in [2.75, 3.05) is 9.80 Å². The fourth-order valence-corrected chi connectivity index (χ4v) is 11.4. The number of fused-ring (bicyclic) bond motifs is 7. The van der Waals surface area contributed by atoms with E-state index >= 15 is 0 Å². The zero-order valence-corrected chi connectivity index (χ0v) is 35.0. The van der Waals surface area contributed by atoms with Crippen molar-refractivity contribution < 1.29 is 0 Å². The first-order chi connectivity index (χ1) is 30.2. The molecule has 12 aromatic rings. The van der Waals surface area contributed by atoms with Crippen LogP contribution in [0, 0.1) is 0 Å². The lowest BCUT2D eigenvalue weighted by molar-refractivity contribution is 1.23. The molecule has 0 atom stereocenters. The third-order valence-corrected chi connectivity index (χ3v) is 14.5. The summed E-state index contributed by atoms with van der Waals surface area (Å²) in [6.45, 7) is 0. The van der Waals surface area contributed by atoms with Crippen LogP contribution in [0.1, 0.15) is 0 Å². The van der Waals surface area contributed by atoms with Gasteiger partial charge in [0.2, 0.25) is 0 Å². The Morgan fingerprint density at radius 2 is 0.902 bits per heavy atom. The molecule has 4 heterocycles. The van der Waals surface area contributed by atoms with E-state index in [2.05, 4.69) is 185 Å². The number of para-hydroxylation sites is 3. The molecule has 0 spiro atoms. The monoisotopic (exact) mass is 835 g/mol. The molecule has 0 radical (unpaired) electrons. The Kier molecular flexibility index (Phi) is 8.66. The first-order valence-electron chi connectivity index (χ1n) is 20.1. The lowest BCUT2D eigenvalue weighted by Gasteiger charge is -2.26. The molecule has 0 aliphatic rings. The number of nitrogens with zero attached hydrogens (tertiary/aromatic N) is 5. The lowest BCUT2D eigenvalue weighted by atomic mass is 10.0. The van der Waals surface area contributed by atoms with Gasteiger partial charge >= 0.3 is 0 Å². The van der Waals surface area contributed by atoms with Crippen LogP contribution >= 0.6 is 34.0 Å². The van der Waals surface area contributed by atoms with Crippen LogP contribution in [-0.4, -0.2) is 15.0 Å². The molecule has 0 unspecified atom stereocenters. The summed E-state index contributed by atoms with van der Waals surface area (Å²) in [6.07, 6.45) is 3.75. The zero-order valence-electron chi connectivity index (χ0n) is 32.5. The maximum atomic E-state index is 4.91. The molecule has 8 heteroatoms. The van der Waals surface area contributed by atoms with E-state index in [4.69, 9.17) is 9.97 Å². The van der Waals surface area contributed by atoms with E-state index < -0.39 is 0 Å². The topological polar surface area (TPSA) is 45.2 Å². The van der Waals surface area contributed by atoms with Crippen molar-refractivity contribution >= 4 is 120 Å². The fourth-order valence-electron chi connectivity index (χ4n) is 8.31. The van der Waals surface area contributed by atoms with Crippen LogP contribution in [-0.2, 0) is 0 Å². The van der Waals surface area contributed by atoms with Crippen molar-refractivity contribution in [1.82, 2.24) is 15.0 Å². The van der Waals surface area contributed by atoms with Gasteiger partial charge in [0.25, 0.3) is 0 Å². The second-order valence-corrected chi connectivity index (χ2v) is 18.1. The Morgan fingerprint density at radius 1 is 0.361 bits per heavy atom. The molecule has 8 aromatic carbocycles. The van der Waals surface area contributed by atoms with E-state index in [1.807, 2.05) is 41.9 Å². The molecular formula is C53H33N5S3. The van der Waals surface area contributed by atoms with E-state index in [1.54, 1.807) is 22.7 Å². The SMILES string of the molecule is c1ccc(N(c2ccc(-c3nc4ccccc4s3)cc2)c2ccc3c(ccc4sc5cc(N(c6ccc(-c7nc8ccccc8s7)cc6)c6cccnc6)ccc5c43)c2)cc1. The van der Waals surface area contributed by atoms with Crippen LogP contribution in [0.15, 0.2) is 200 Å². The second-order valence-electron chi connectivity index (χ2n) is 14.9. The Labute approximate surface area is 363 Å². The van der Waals surface area contributed by atoms with Crippen molar-refractivity contribution in [3.63, 3.8) is 0 Å². The first-order valence-corrected chi connectivity index (χ1v) is 22.5. The summed E-state index contributed by atoms with van der Waals surface area (Å²) < 4.78 is 4.90. The first kappa shape index (κ1) is 35.7. The van der Waals surface area contributed by atoms with Gasteiger partial charge in [0.1, 0.15) is 10.0 Å². The van der Waals surface area contributed by atoms with Crippen molar-refractivity contribution in [2.24, 2.45) is 0 Å². The van der Waals surface area contributed by atoms with Crippen LogP contribution < -0.4 is 9.80 Å². The van der Waals surface area contributed by atoms with Gasteiger partial charge in [-0.2, -0.15) is 0 Å². The molecule has 61 heavy (non-hydrogen) atoms. The molecule has 5 nitrogen and oxygen atoms in total. The zero-order chi connectivity index (χ0) is 40.3. The number of rotatable bonds is 8. The number of benzene rings is 8. The lowest BCUT2D eigenvalue weighted by Crippen LogP contribution is -2.10. The minimum absolute atomic E-state index is 1.00. The fraction of sp³-hybridized carbons (Fsp3) is 0. The molecule has 0 bridgehead atoms. The summed E-state index contributed by atoms with van der Waals surface area (Å²) in [5, 5.41) is 7.04. The van der Waals surface area contributed by atoms with E-state index in [1.165, 1.54) is 40.3 Å². The van der Waals surface area contributed by atoms with Crippen molar-refractivity contribution in [1.29, 1.82) is 0 Å². The molecule has 0 aliphatic heterocycles. The molecule has 4 aromatic heterocycles. The predicted octanol–water partition coefficient (Wildman–Crippen LogP) is 16.1. The second kappa shape index (κ2) is 14.8. The minimum Gasteiger partial charge on any atom is -0.310 e. The highest BCUT2D eigenvalue weighted by Crippen LogP contribution is 2.45. The number of hydrogen-bond donors (Lipinski definition) is 0. The van der Waals surface area contributed by atoms with Crippen molar-refractivity contribution in [3.8, 4) is 21.1 Å². The Morgan fingerprint density at radius 3 is 1.52 bits per heavy atom. The summed E-state index contributed by atoms with van der Waals surface area (Å²) in [6, 6.07) is 67.2. The average Bonchev–Trinajstić information content (AvgIpc) is 4.06. The number of pyridine rings is 1. The molecule has 0 saturated heterocycles. The summed E-state index contributed by atoms with van der Waals surface area (Å²) in [7, 11) is 0. The standard InChI is InChI=1S/C53H33N5S3/c1-2-9-37(10-3-1)57(38-21-16-34(17-22-38)52-55-45-12-4-6-14-47(45)60-52)40-25-27-43-36(31-40)20-29-49-51(43)44-28-26-41(32-50(44)59-49)58(42-11-8-30-54-33-42)39-23-18-35(19-24-39)53-56-46-13-5-7-15-48(46)61-53/h1-33H. The predicted molar refractivity (Wildman–Crippen MR) is 261 cm³/mol. The summed E-state index contributed by atoms with van der Waals surface area (Å²) >= 11 is 5.30. The van der Waals surface area contributed by atoms with Gasteiger partial charge in [-0.05, 0) is 138 Å². The molecular weight excluding hydrogens is 803 g/mol. The Bertz CT molecular complexity index is 3310. The van der Waals surface area contributed by atoms with Crippen LogP contribution in [0.2, 0.25) is 0 Å². The van der Waals surface area contributed by atoms with Crippen molar-refractivity contribution in [2.45, 2.75) is 0 Å². The van der Waals surface area contributed by atoms with Gasteiger partial charge in [-0.1, -0.05) is 60.7 Å². The largest absolute Gasteiger partial charge is 0.310 e. The van der Waals surface area contributed by atoms with Gasteiger partial charge < -0.3 is 9.80 Å². The normalized spacial score (nSPS) is 11.6. The van der Waals surface area contributed by atoms with Gasteiger partial charge in [0.05, 0.1) is 32.3 Å². The third-order valence-electron chi connectivity index (χ3n) is 11.2. The van der Waals surface area contributed by atoms with Crippen molar-refractivity contribution in [3.05, 3.63) is 200 Å². The third kappa shape index (κ3) is 6.40. The Hall–Kier alpha value is -7.23. The average molecular weight is 836 g/mol. The van der Waals surface area contributed by atoms with Gasteiger partial charge in [0, 0.05) is 65.9 Å². The van der Waals surface area contributed by atoms with E-state index in [9.17, 15) is 0 Å². The van der Waals surface area contributed by atoms with Gasteiger partial charge in [-0.15, -0.1) is 34.0 Å². The summed E-state index contributed by atoms with van der Waals surface area (Å²) in [5.41, 5.74) is 10.7. The molecule has 0 aliphatic carbocycles. The highest BCUT2D eigenvalue weighted by molar-refractivity contribution is 7.26. The quantitative estimate of drug-likeness (QED) is 0.153. The maximum absolute atomic E-state index is 4.91. The van der Waals surface area contributed by atoms with Gasteiger partial charge in [-0.25, -0.2) is 9.97 Å². The van der Waals surface area contributed by atoms with Crippen LogP contribution in [0.5, 0.6) is 0 Å². The number of hydrogen-bond acceptors (Lipinski definition) is 8. The van der Waals surface area contributed by atoms with E-state index in [0.717, 1.165) is 66.3 Å². The molecule has 0 fully saturated rings. The molecule has 12 rings (SSSR count).